The number of carbonyl (C=O) groups excluding carboxylic acids is 1. The van der Waals surface area contributed by atoms with Crippen LogP contribution in [0, 0.1) is 12.7 Å². The standard InChI is InChI=1S/C23H19FN4O/c1-16-20(15-26-28(16)19-12-10-18(24)11-13-19)23(29)27-22(17-7-3-2-4-8-17)21-9-5-6-14-25-21/h2-15,22H,1H3,(H,27,29). The summed E-state index contributed by atoms with van der Waals surface area (Å²) < 4.78 is 14.8. The number of amides is 1. The van der Waals surface area contributed by atoms with Gasteiger partial charge in [0.15, 0.2) is 0 Å². The summed E-state index contributed by atoms with van der Waals surface area (Å²) in [6.45, 7) is 1.81. The first-order chi connectivity index (χ1) is 14.1. The third kappa shape index (κ3) is 3.91. The molecule has 4 rings (SSSR count). The van der Waals surface area contributed by atoms with Crippen molar-refractivity contribution < 1.29 is 9.18 Å². The second-order valence-electron chi connectivity index (χ2n) is 6.60. The van der Waals surface area contributed by atoms with Gasteiger partial charge in [0, 0.05) is 6.20 Å². The van der Waals surface area contributed by atoms with Gasteiger partial charge in [0.05, 0.1) is 34.9 Å². The molecule has 1 atom stereocenters. The highest BCUT2D eigenvalue weighted by atomic mass is 19.1. The number of hydrogen-bond acceptors (Lipinski definition) is 3. The number of carbonyl (C=O) groups is 1. The van der Waals surface area contributed by atoms with Crippen LogP contribution < -0.4 is 5.32 Å². The van der Waals surface area contributed by atoms with Crippen LogP contribution in [0.1, 0.15) is 33.4 Å². The molecule has 0 bridgehead atoms. The van der Waals surface area contributed by atoms with E-state index < -0.39 is 6.04 Å². The van der Waals surface area contributed by atoms with Gasteiger partial charge < -0.3 is 5.32 Å². The number of aromatic nitrogens is 3. The van der Waals surface area contributed by atoms with Crippen LogP contribution >= 0.6 is 0 Å². The van der Waals surface area contributed by atoms with E-state index in [-0.39, 0.29) is 11.7 Å². The van der Waals surface area contributed by atoms with E-state index >= 15 is 0 Å². The molecule has 4 aromatic rings. The summed E-state index contributed by atoms with van der Waals surface area (Å²) in [7, 11) is 0. The largest absolute Gasteiger partial charge is 0.339 e. The van der Waals surface area contributed by atoms with Gasteiger partial charge in [-0.1, -0.05) is 36.4 Å². The summed E-state index contributed by atoms with van der Waals surface area (Å²) in [6.07, 6.45) is 3.23. The minimum Gasteiger partial charge on any atom is -0.339 e. The van der Waals surface area contributed by atoms with Gasteiger partial charge in [-0.25, -0.2) is 9.07 Å². The summed E-state index contributed by atoms with van der Waals surface area (Å²) in [6, 6.07) is 20.9. The highest BCUT2D eigenvalue weighted by Crippen LogP contribution is 2.22. The zero-order valence-corrected chi connectivity index (χ0v) is 15.8. The van der Waals surface area contributed by atoms with Crippen molar-refractivity contribution in [3.8, 4) is 5.69 Å². The summed E-state index contributed by atoms with van der Waals surface area (Å²) in [5.41, 5.74) is 3.49. The molecule has 2 aromatic heterocycles. The first-order valence-electron chi connectivity index (χ1n) is 9.21. The van der Waals surface area contributed by atoms with Crippen LogP contribution in [0.15, 0.2) is 85.2 Å². The summed E-state index contributed by atoms with van der Waals surface area (Å²) in [4.78, 5) is 17.5. The van der Waals surface area contributed by atoms with Crippen LogP contribution in [0.3, 0.4) is 0 Å². The van der Waals surface area contributed by atoms with Gasteiger partial charge in [0.25, 0.3) is 5.91 Å². The molecule has 144 valence electrons. The maximum absolute atomic E-state index is 13.2. The van der Waals surface area contributed by atoms with Crippen LogP contribution in [0.25, 0.3) is 5.69 Å². The fourth-order valence-electron chi connectivity index (χ4n) is 3.20. The monoisotopic (exact) mass is 386 g/mol. The Morgan fingerprint density at radius 1 is 1.00 bits per heavy atom. The second-order valence-corrected chi connectivity index (χ2v) is 6.60. The fourth-order valence-corrected chi connectivity index (χ4v) is 3.20. The molecule has 0 saturated heterocycles. The second kappa shape index (κ2) is 8.06. The van der Waals surface area contributed by atoms with Gasteiger partial charge in [-0.2, -0.15) is 5.10 Å². The predicted molar refractivity (Wildman–Crippen MR) is 108 cm³/mol. The van der Waals surface area contributed by atoms with Gasteiger partial charge in [0.2, 0.25) is 0 Å². The Labute approximate surface area is 167 Å². The highest BCUT2D eigenvalue weighted by Gasteiger charge is 2.22. The predicted octanol–water partition coefficient (Wildman–Crippen LogP) is 4.23. The summed E-state index contributed by atoms with van der Waals surface area (Å²) in [5, 5.41) is 7.37. The van der Waals surface area contributed by atoms with Crippen molar-refractivity contribution in [3.05, 3.63) is 114 Å². The molecule has 1 amide bonds. The van der Waals surface area contributed by atoms with Crippen LogP contribution in [0.4, 0.5) is 4.39 Å². The van der Waals surface area contributed by atoms with Crippen molar-refractivity contribution in [2.75, 3.05) is 0 Å². The molecule has 5 nitrogen and oxygen atoms in total. The Morgan fingerprint density at radius 3 is 2.41 bits per heavy atom. The SMILES string of the molecule is Cc1c(C(=O)NC(c2ccccc2)c2ccccn2)cnn1-c1ccc(F)cc1. The van der Waals surface area contributed by atoms with Crippen molar-refractivity contribution >= 4 is 5.91 Å². The maximum Gasteiger partial charge on any atom is 0.255 e. The Bertz CT molecular complexity index is 1070. The average Bonchev–Trinajstić information content (AvgIpc) is 3.15. The molecule has 0 radical (unpaired) electrons. The normalized spacial score (nSPS) is 11.8. The van der Waals surface area contributed by atoms with E-state index in [9.17, 15) is 9.18 Å². The van der Waals surface area contributed by atoms with Crippen LogP contribution in [-0.2, 0) is 0 Å². The molecule has 0 saturated carbocycles. The minimum atomic E-state index is -0.390. The molecule has 1 N–H and O–H groups in total. The van der Waals surface area contributed by atoms with E-state index in [1.807, 2.05) is 55.5 Å². The van der Waals surface area contributed by atoms with E-state index in [2.05, 4.69) is 15.4 Å². The van der Waals surface area contributed by atoms with E-state index in [1.54, 1.807) is 23.0 Å². The third-order valence-electron chi connectivity index (χ3n) is 4.72. The van der Waals surface area contributed by atoms with Gasteiger partial charge in [-0.05, 0) is 48.9 Å². The van der Waals surface area contributed by atoms with E-state index in [4.69, 9.17) is 0 Å². The fraction of sp³-hybridized carbons (Fsp3) is 0.0870. The Morgan fingerprint density at radius 2 is 1.72 bits per heavy atom. The topological polar surface area (TPSA) is 59.8 Å². The highest BCUT2D eigenvalue weighted by molar-refractivity contribution is 5.95. The van der Waals surface area contributed by atoms with Crippen LogP contribution in [0.2, 0.25) is 0 Å². The molecule has 2 aromatic carbocycles. The lowest BCUT2D eigenvalue weighted by molar-refractivity contribution is 0.0941. The maximum atomic E-state index is 13.2. The van der Waals surface area contributed by atoms with Gasteiger partial charge in [-0.15, -0.1) is 0 Å². The van der Waals surface area contributed by atoms with Crippen LogP contribution in [0.5, 0.6) is 0 Å². The number of nitrogens with zero attached hydrogens (tertiary/aromatic N) is 3. The molecule has 29 heavy (non-hydrogen) atoms. The smallest absolute Gasteiger partial charge is 0.255 e. The van der Waals surface area contributed by atoms with E-state index in [0.717, 1.165) is 11.3 Å². The van der Waals surface area contributed by atoms with Crippen molar-refractivity contribution in [1.82, 2.24) is 20.1 Å². The number of halogens is 1. The first-order valence-corrected chi connectivity index (χ1v) is 9.21. The lowest BCUT2D eigenvalue weighted by Crippen LogP contribution is -2.30. The Hall–Kier alpha value is -3.80. The molecule has 0 spiro atoms. The van der Waals surface area contributed by atoms with Crippen molar-refractivity contribution in [3.63, 3.8) is 0 Å². The molecular formula is C23H19FN4O. The van der Waals surface area contributed by atoms with Gasteiger partial charge in [-0.3, -0.25) is 9.78 Å². The molecule has 0 aliphatic rings. The quantitative estimate of drug-likeness (QED) is 0.558. The zero-order chi connectivity index (χ0) is 20.2. The minimum absolute atomic E-state index is 0.254. The molecule has 1 unspecified atom stereocenters. The summed E-state index contributed by atoms with van der Waals surface area (Å²) in [5.74, 6) is -0.576. The van der Waals surface area contributed by atoms with Crippen molar-refractivity contribution in [2.45, 2.75) is 13.0 Å². The zero-order valence-electron chi connectivity index (χ0n) is 15.8. The third-order valence-corrected chi connectivity index (χ3v) is 4.72. The lowest BCUT2D eigenvalue weighted by atomic mass is 10.0. The molecule has 0 aliphatic heterocycles. The van der Waals surface area contributed by atoms with Crippen molar-refractivity contribution in [2.24, 2.45) is 0 Å². The van der Waals surface area contributed by atoms with E-state index in [1.165, 1.54) is 18.3 Å². The van der Waals surface area contributed by atoms with Crippen LogP contribution in [-0.4, -0.2) is 20.7 Å². The van der Waals surface area contributed by atoms with E-state index in [0.29, 0.717) is 16.9 Å². The lowest BCUT2D eigenvalue weighted by Gasteiger charge is -2.19. The Kier molecular flexibility index (Phi) is 5.16. The number of benzene rings is 2. The summed E-state index contributed by atoms with van der Waals surface area (Å²) >= 11 is 0. The molecule has 0 aliphatic carbocycles. The average molecular weight is 386 g/mol. The molecular weight excluding hydrogens is 367 g/mol. The molecule has 6 heteroatoms. The Balaban J connectivity index is 1.64. The van der Waals surface area contributed by atoms with Gasteiger partial charge in [0.1, 0.15) is 5.82 Å². The number of hydrogen-bond donors (Lipinski definition) is 1. The van der Waals surface area contributed by atoms with Crippen molar-refractivity contribution in [1.29, 1.82) is 0 Å². The number of pyridine rings is 1. The molecule has 2 heterocycles. The first kappa shape index (κ1) is 18.6. The number of rotatable bonds is 5. The molecule has 0 fully saturated rings. The van der Waals surface area contributed by atoms with Gasteiger partial charge >= 0.3 is 0 Å². The number of nitrogens with one attached hydrogen (secondary N) is 1.